The van der Waals surface area contributed by atoms with Crippen LogP contribution in [0.4, 0.5) is 18.9 Å². The van der Waals surface area contributed by atoms with Crippen molar-refractivity contribution in [2.24, 2.45) is 5.92 Å². The summed E-state index contributed by atoms with van der Waals surface area (Å²) < 4.78 is 48.3. The lowest BCUT2D eigenvalue weighted by molar-refractivity contribution is -0.137. The average Bonchev–Trinajstić information content (AvgIpc) is 2.88. The second kappa shape index (κ2) is 7.73. The van der Waals surface area contributed by atoms with Crippen LogP contribution in [0.5, 0.6) is 5.75 Å². The summed E-state index contributed by atoms with van der Waals surface area (Å²) in [7, 11) is 0. The van der Waals surface area contributed by atoms with Crippen LogP contribution in [-0.2, 0) is 12.6 Å². The fraction of sp³-hybridized carbons (Fsp3) is 0.520. The molecule has 1 fully saturated rings. The maximum atomic E-state index is 14.1. The molecule has 0 radical (unpaired) electrons. The Labute approximate surface area is 181 Å². The van der Waals surface area contributed by atoms with Gasteiger partial charge in [0.05, 0.1) is 17.9 Å². The normalized spacial score (nSPS) is 22.7. The Morgan fingerprint density at radius 2 is 2.03 bits per heavy atom. The molecule has 1 saturated heterocycles. The van der Waals surface area contributed by atoms with Gasteiger partial charge in [-0.25, -0.2) is 0 Å². The summed E-state index contributed by atoms with van der Waals surface area (Å²) >= 11 is 0. The number of anilines is 1. The molecule has 0 aromatic heterocycles. The van der Waals surface area contributed by atoms with Crippen molar-refractivity contribution < 1.29 is 17.9 Å². The van der Waals surface area contributed by atoms with Crippen molar-refractivity contribution in [2.75, 3.05) is 31.1 Å². The number of piperidine rings is 1. The van der Waals surface area contributed by atoms with Crippen LogP contribution in [0.1, 0.15) is 49.3 Å². The Morgan fingerprint density at radius 1 is 1.19 bits per heavy atom. The monoisotopic (exact) mass is 430 g/mol. The topological polar surface area (TPSA) is 24.5 Å². The molecule has 0 saturated carbocycles. The maximum absolute atomic E-state index is 14.1. The maximum Gasteiger partial charge on any atom is 0.417 e. The quantitative estimate of drug-likeness (QED) is 0.684. The molecule has 3 heterocycles. The average molecular weight is 431 g/mol. The minimum atomic E-state index is -4.41. The van der Waals surface area contributed by atoms with E-state index in [0.717, 1.165) is 55.0 Å². The number of hydrogen-bond donors (Lipinski definition) is 1. The summed E-state index contributed by atoms with van der Waals surface area (Å²) in [6, 6.07) is 9.04. The van der Waals surface area contributed by atoms with Crippen LogP contribution < -0.4 is 15.0 Å². The van der Waals surface area contributed by atoms with E-state index in [1.165, 1.54) is 6.07 Å². The standard InChI is InChI=1S/C25H29F3N2O/c1-15(2)10-16-4-5-18(21(11-16)25(26,27)28)17-12-19-20-14-29-7-6-22(20)30-8-3-9-31-23(13-17)24(19)30/h4-5,11-13,15,20,22,29H,3,6-10,14H2,1-2H3/t20-,22-/m0/s1. The molecule has 5 rings (SSSR count). The van der Waals surface area contributed by atoms with Crippen LogP contribution in [0.15, 0.2) is 30.3 Å². The van der Waals surface area contributed by atoms with E-state index in [9.17, 15) is 13.2 Å². The van der Waals surface area contributed by atoms with Gasteiger partial charge in [-0.3, -0.25) is 0 Å². The van der Waals surface area contributed by atoms with Crippen molar-refractivity contribution in [2.45, 2.75) is 51.2 Å². The number of halogens is 3. The van der Waals surface area contributed by atoms with Gasteiger partial charge in [0.15, 0.2) is 0 Å². The van der Waals surface area contributed by atoms with E-state index in [2.05, 4.69) is 10.2 Å². The lowest BCUT2D eigenvalue weighted by Gasteiger charge is -2.33. The van der Waals surface area contributed by atoms with Crippen LogP contribution in [0.25, 0.3) is 11.1 Å². The highest BCUT2D eigenvalue weighted by atomic mass is 19.4. The number of hydrogen-bond acceptors (Lipinski definition) is 3. The number of nitrogens with zero attached hydrogens (tertiary/aromatic N) is 1. The lowest BCUT2D eigenvalue weighted by atomic mass is 9.87. The first-order valence-corrected chi connectivity index (χ1v) is 11.3. The molecule has 0 bridgehead atoms. The zero-order chi connectivity index (χ0) is 21.8. The van der Waals surface area contributed by atoms with Gasteiger partial charge in [-0.1, -0.05) is 26.0 Å². The number of ether oxygens (including phenoxy) is 1. The largest absolute Gasteiger partial charge is 0.491 e. The van der Waals surface area contributed by atoms with Gasteiger partial charge in [0, 0.05) is 25.0 Å². The van der Waals surface area contributed by atoms with Crippen LogP contribution >= 0.6 is 0 Å². The SMILES string of the molecule is CC(C)Cc1ccc(-c2cc3c4c(c2)[C@@H]2CNCC[C@@H]2N4CCCO3)c(C(F)(F)F)c1. The van der Waals surface area contributed by atoms with E-state index < -0.39 is 11.7 Å². The smallest absolute Gasteiger partial charge is 0.417 e. The van der Waals surface area contributed by atoms with E-state index in [1.54, 1.807) is 6.07 Å². The summed E-state index contributed by atoms with van der Waals surface area (Å²) in [5.41, 5.74) is 3.25. The van der Waals surface area contributed by atoms with E-state index in [0.29, 0.717) is 36.5 Å². The molecule has 2 aromatic rings. The predicted octanol–water partition coefficient (Wildman–Crippen LogP) is 5.62. The Bertz CT molecular complexity index is 985. The van der Waals surface area contributed by atoms with E-state index in [-0.39, 0.29) is 5.56 Å². The Kier molecular flexibility index (Phi) is 5.16. The van der Waals surface area contributed by atoms with Crippen molar-refractivity contribution in [1.29, 1.82) is 0 Å². The molecular weight excluding hydrogens is 401 g/mol. The first-order valence-electron chi connectivity index (χ1n) is 11.3. The third kappa shape index (κ3) is 3.69. The van der Waals surface area contributed by atoms with Crippen LogP contribution in [0.2, 0.25) is 0 Å². The molecule has 0 amide bonds. The predicted molar refractivity (Wildman–Crippen MR) is 117 cm³/mol. The summed E-state index contributed by atoms with van der Waals surface area (Å²) in [6.45, 7) is 7.42. The zero-order valence-electron chi connectivity index (χ0n) is 18.1. The van der Waals surface area contributed by atoms with Crippen molar-refractivity contribution in [3.63, 3.8) is 0 Å². The molecule has 6 heteroatoms. The van der Waals surface area contributed by atoms with Crippen molar-refractivity contribution in [3.8, 4) is 16.9 Å². The third-order valence-electron chi connectivity index (χ3n) is 6.78. The molecule has 3 aliphatic heterocycles. The molecule has 3 aliphatic rings. The molecule has 166 valence electrons. The molecule has 2 aromatic carbocycles. The molecule has 2 atom stereocenters. The van der Waals surface area contributed by atoms with Gasteiger partial charge in [0.25, 0.3) is 0 Å². The number of fused-ring (bicyclic) bond motifs is 3. The molecular formula is C25H29F3N2O. The number of nitrogens with one attached hydrogen (secondary N) is 1. The minimum absolute atomic E-state index is 0.241. The fourth-order valence-corrected chi connectivity index (χ4v) is 5.56. The second-order valence-corrected chi connectivity index (χ2v) is 9.45. The van der Waals surface area contributed by atoms with Crippen LogP contribution in [0.3, 0.4) is 0 Å². The van der Waals surface area contributed by atoms with Gasteiger partial charge < -0.3 is 15.0 Å². The summed E-state index contributed by atoms with van der Waals surface area (Å²) in [5, 5.41) is 3.47. The fourth-order valence-electron chi connectivity index (χ4n) is 5.56. The van der Waals surface area contributed by atoms with Crippen molar-refractivity contribution in [3.05, 3.63) is 47.0 Å². The van der Waals surface area contributed by atoms with Crippen molar-refractivity contribution in [1.82, 2.24) is 5.32 Å². The summed E-state index contributed by atoms with van der Waals surface area (Å²) in [4.78, 5) is 2.45. The van der Waals surface area contributed by atoms with E-state index >= 15 is 0 Å². The number of rotatable bonds is 3. The Hall–Kier alpha value is -2.21. The van der Waals surface area contributed by atoms with Gasteiger partial charge in [0.1, 0.15) is 5.75 Å². The first-order chi connectivity index (χ1) is 14.8. The molecule has 31 heavy (non-hydrogen) atoms. The highest BCUT2D eigenvalue weighted by molar-refractivity contribution is 5.80. The zero-order valence-corrected chi connectivity index (χ0v) is 18.1. The van der Waals surface area contributed by atoms with E-state index in [1.807, 2.05) is 32.0 Å². The lowest BCUT2D eigenvalue weighted by Crippen LogP contribution is -2.44. The van der Waals surface area contributed by atoms with Gasteiger partial charge in [0.2, 0.25) is 0 Å². The highest BCUT2D eigenvalue weighted by Crippen LogP contribution is 2.51. The Morgan fingerprint density at radius 3 is 2.81 bits per heavy atom. The summed E-state index contributed by atoms with van der Waals surface area (Å²) in [5.74, 6) is 1.33. The second-order valence-electron chi connectivity index (χ2n) is 9.45. The molecule has 0 unspecified atom stereocenters. The molecule has 0 spiro atoms. The molecule has 3 nitrogen and oxygen atoms in total. The van der Waals surface area contributed by atoms with Gasteiger partial charge in [-0.15, -0.1) is 0 Å². The Balaban J connectivity index is 1.65. The first kappa shape index (κ1) is 20.7. The number of benzene rings is 2. The molecule has 1 N–H and O–H groups in total. The van der Waals surface area contributed by atoms with Gasteiger partial charge in [-0.2, -0.15) is 13.2 Å². The number of alkyl halides is 3. The van der Waals surface area contributed by atoms with Gasteiger partial charge >= 0.3 is 6.18 Å². The summed E-state index contributed by atoms with van der Waals surface area (Å²) in [6.07, 6.45) is -1.80. The van der Waals surface area contributed by atoms with Crippen molar-refractivity contribution >= 4 is 5.69 Å². The highest BCUT2D eigenvalue weighted by Gasteiger charge is 2.43. The van der Waals surface area contributed by atoms with Crippen LogP contribution in [0, 0.1) is 5.92 Å². The minimum Gasteiger partial charge on any atom is -0.491 e. The third-order valence-corrected chi connectivity index (χ3v) is 6.78. The van der Waals surface area contributed by atoms with Crippen LogP contribution in [-0.4, -0.2) is 32.3 Å². The van der Waals surface area contributed by atoms with Gasteiger partial charge in [-0.05, 0) is 72.2 Å². The van der Waals surface area contributed by atoms with E-state index in [4.69, 9.17) is 4.74 Å². The molecule has 0 aliphatic carbocycles.